The zero-order valence-electron chi connectivity index (χ0n) is 12.3. The Kier molecular flexibility index (Phi) is 5.70. The quantitative estimate of drug-likeness (QED) is 0.556. The first-order valence-corrected chi connectivity index (χ1v) is 7.59. The Morgan fingerprint density at radius 3 is 2.62 bits per heavy atom. The van der Waals surface area contributed by atoms with Gasteiger partial charge >= 0.3 is 0 Å². The Balaban J connectivity index is 2.13. The fraction of sp³-hybridized carbons (Fsp3) is 0.562. The standard InChI is InChI=1S/C16H24FN3O/c17-14-9-12(8-13(10-14)16(18)19)11-20(6-7-21)15-4-2-1-3-5-15/h8-10,15,21H,1-7,11H2,(H3,18,19). The summed E-state index contributed by atoms with van der Waals surface area (Å²) in [4.78, 5) is 2.22. The number of nitrogen functional groups attached to an aromatic ring is 1. The highest BCUT2D eigenvalue weighted by atomic mass is 19.1. The fourth-order valence-corrected chi connectivity index (χ4v) is 3.10. The Hall–Kier alpha value is -1.46. The van der Waals surface area contributed by atoms with E-state index in [1.807, 2.05) is 0 Å². The monoisotopic (exact) mass is 293 g/mol. The third kappa shape index (κ3) is 4.51. The van der Waals surface area contributed by atoms with E-state index in [1.165, 1.54) is 31.4 Å². The van der Waals surface area contributed by atoms with Gasteiger partial charge in [0, 0.05) is 24.7 Å². The molecule has 0 spiro atoms. The van der Waals surface area contributed by atoms with E-state index in [0.717, 1.165) is 18.4 Å². The smallest absolute Gasteiger partial charge is 0.124 e. The van der Waals surface area contributed by atoms with Crippen LogP contribution in [-0.4, -0.2) is 35.0 Å². The van der Waals surface area contributed by atoms with Crippen LogP contribution in [0.15, 0.2) is 18.2 Å². The summed E-state index contributed by atoms with van der Waals surface area (Å²) < 4.78 is 13.6. The molecule has 5 heteroatoms. The molecule has 4 N–H and O–H groups in total. The van der Waals surface area contributed by atoms with Gasteiger partial charge in [-0.2, -0.15) is 0 Å². The first-order chi connectivity index (χ1) is 10.1. The molecule has 1 aliphatic rings. The van der Waals surface area contributed by atoms with Crippen LogP contribution in [0.4, 0.5) is 4.39 Å². The number of hydrogen-bond donors (Lipinski definition) is 3. The van der Waals surface area contributed by atoms with Crippen molar-refractivity contribution in [3.05, 3.63) is 35.1 Å². The lowest BCUT2D eigenvalue weighted by Crippen LogP contribution is -2.38. The number of hydrogen-bond acceptors (Lipinski definition) is 3. The molecule has 0 unspecified atom stereocenters. The molecule has 0 aliphatic heterocycles. The molecule has 1 aromatic carbocycles. The Labute approximate surface area is 125 Å². The highest BCUT2D eigenvalue weighted by molar-refractivity contribution is 5.95. The number of aliphatic hydroxyl groups is 1. The molecule has 21 heavy (non-hydrogen) atoms. The van der Waals surface area contributed by atoms with Crippen LogP contribution in [0.1, 0.15) is 43.2 Å². The maximum absolute atomic E-state index is 13.6. The van der Waals surface area contributed by atoms with Gasteiger partial charge in [0.15, 0.2) is 0 Å². The van der Waals surface area contributed by atoms with Crippen molar-refractivity contribution in [2.24, 2.45) is 5.73 Å². The molecule has 1 aliphatic carbocycles. The van der Waals surface area contributed by atoms with E-state index < -0.39 is 0 Å². The molecule has 1 saturated carbocycles. The zero-order valence-corrected chi connectivity index (χ0v) is 12.3. The molecular formula is C16H24FN3O. The minimum Gasteiger partial charge on any atom is -0.395 e. The summed E-state index contributed by atoms with van der Waals surface area (Å²) in [6.45, 7) is 1.28. The van der Waals surface area contributed by atoms with Gasteiger partial charge in [0.25, 0.3) is 0 Å². The van der Waals surface area contributed by atoms with Crippen molar-refractivity contribution in [1.82, 2.24) is 4.90 Å². The first-order valence-electron chi connectivity index (χ1n) is 7.59. The van der Waals surface area contributed by atoms with Gasteiger partial charge in [0.05, 0.1) is 6.61 Å². The Morgan fingerprint density at radius 2 is 2.00 bits per heavy atom. The summed E-state index contributed by atoms with van der Waals surface area (Å²) in [5.41, 5.74) is 6.67. The van der Waals surface area contributed by atoms with Crippen LogP contribution in [0, 0.1) is 11.2 Å². The second-order valence-electron chi connectivity index (χ2n) is 5.75. The summed E-state index contributed by atoms with van der Waals surface area (Å²) >= 11 is 0. The van der Waals surface area contributed by atoms with Crippen molar-refractivity contribution in [3.63, 3.8) is 0 Å². The van der Waals surface area contributed by atoms with Crippen molar-refractivity contribution in [1.29, 1.82) is 5.41 Å². The summed E-state index contributed by atoms with van der Waals surface area (Å²) in [5.74, 6) is -0.493. The average Bonchev–Trinajstić information content (AvgIpc) is 2.47. The van der Waals surface area contributed by atoms with Crippen LogP contribution in [0.25, 0.3) is 0 Å². The van der Waals surface area contributed by atoms with Crippen molar-refractivity contribution in [2.75, 3.05) is 13.2 Å². The molecule has 0 saturated heterocycles. The van der Waals surface area contributed by atoms with Gasteiger partial charge in [-0.25, -0.2) is 4.39 Å². The number of nitrogens with one attached hydrogen (secondary N) is 1. The van der Waals surface area contributed by atoms with E-state index in [0.29, 0.717) is 24.7 Å². The predicted octanol–water partition coefficient (Wildman–Crippen LogP) is 2.24. The lowest BCUT2D eigenvalue weighted by atomic mass is 9.93. The zero-order chi connectivity index (χ0) is 15.2. The van der Waals surface area contributed by atoms with Crippen LogP contribution in [0.2, 0.25) is 0 Å². The highest BCUT2D eigenvalue weighted by Crippen LogP contribution is 2.24. The van der Waals surface area contributed by atoms with Gasteiger partial charge in [0.2, 0.25) is 0 Å². The molecule has 0 amide bonds. The highest BCUT2D eigenvalue weighted by Gasteiger charge is 2.21. The molecule has 0 aromatic heterocycles. The molecule has 2 rings (SSSR count). The van der Waals surface area contributed by atoms with Crippen molar-refractivity contribution >= 4 is 5.84 Å². The summed E-state index contributed by atoms with van der Waals surface area (Å²) in [6.07, 6.45) is 5.98. The van der Waals surface area contributed by atoms with Gasteiger partial charge < -0.3 is 10.8 Å². The van der Waals surface area contributed by atoms with E-state index in [4.69, 9.17) is 11.1 Å². The third-order valence-electron chi connectivity index (χ3n) is 4.13. The van der Waals surface area contributed by atoms with Gasteiger partial charge in [-0.1, -0.05) is 19.3 Å². The lowest BCUT2D eigenvalue weighted by molar-refractivity contribution is 0.117. The number of aliphatic hydroxyl groups excluding tert-OH is 1. The number of rotatable bonds is 6. The predicted molar refractivity (Wildman–Crippen MR) is 81.8 cm³/mol. The van der Waals surface area contributed by atoms with Crippen LogP contribution in [0.5, 0.6) is 0 Å². The number of amidine groups is 1. The maximum atomic E-state index is 13.6. The van der Waals surface area contributed by atoms with Gasteiger partial charge in [0.1, 0.15) is 11.7 Å². The van der Waals surface area contributed by atoms with E-state index in [-0.39, 0.29) is 18.3 Å². The topological polar surface area (TPSA) is 73.3 Å². The number of benzene rings is 1. The normalized spacial score (nSPS) is 16.3. The lowest BCUT2D eigenvalue weighted by Gasteiger charge is -2.34. The van der Waals surface area contributed by atoms with Gasteiger partial charge in [-0.05, 0) is 36.6 Å². The maximum Gasteiger partial charge on any atom is 0.124 e. The Morgan fingerprint density at radius 1 is 1.29 bits per heavy atom. The van der Waals surface area contributed by atoms with Crippen LogP contribution in [-0.2, 0) is 6.54 Å². The average molecular weight is 293 g/mol. The molecule has 0 heterocycles. The minimum absolute atomic E-state index is 0.103. The van der Waals surface area contributed by atoms with Crippen LogP contribution in [0.3, 0.4) is 0 Å². The molecule has 0 bridgehead atoms. The van der Waals surface area contributed by atoms with Crippen LogP contribution >= 0.6 is 0 Å². The van der Waals surface area contributed by atoms with Gasteiger partial charge in [-0.3, -0.25) is 10.3 Å². The largest absolute Gasteiger partial charge is 0.395 e. The van der Waals surface area contributed by atoms with Crippen molar-refractivity contribution in [3.8, 4) is 0 Å². The second kappa shape index (κ2) is 7.52. The summed E-state index contributed by atoms with van der Waals surface area (Å²) in [6, 6.07) is 4.98. The van der Waals surface area contributed by atoms with Gasteiger partial charge in [-0.15, -0.1) is 0 Å². The molecular weight excluding hydrogens is 269 g/mol. The Bertz CT molecular complexity index is 486. The summed E-state index contributed by atoms with van der Waals surface area (Å²) in [7, 11) is 0. The molecule has 1 fully saturated rings. The number of nitrogens with two attached hydrogens (primary N) is 1. The number of halogens is 1. The van der Waals surface area contributed by atoms with E-state index in [2.05, 4.69) is 4.90 Å². The molecule has 0 radical (unpaired) electrons. The minimum atomic E-state index is -0.370. The number of nitrogens with zero attached hydrogens (tertiary/aromatic N) is 1. The molecule has 116 valence electrons. The van der Waals surface area contributed by atoms with Crippen molar-refractivity contribution < 1.29 is 9.50 Å². The SMILES string of the molecule is N=C(N)c1cc(F)cc(CN(CCO)C2CCCCC2)c1. The summed E-state index contributed by atoms with van der Waals surface area (Å²) in [5, 5.41) is 16.7. The fourth-order valence-electron chi connectivity index (χ4n) is 3.10. The third-order valence-corrected chi connectivity index (χ3v) is 4.13. The van der Waals surface area contributed by atoms with E-state index in [9.17, 15) is 9.50 Å². The molecule has 0 atom stereocenters. The first kappa shape index (κ1) is 15.9. The second-order valence-corrected chi connectivity index (χ2v) is 5.75. The van der Waals surface area contributed by atoms with E-state index in [1.54, 1.807) is 6.07 Å². The molecule has 1 aromatic rings. The van der Waals surface area contributed by atoms with Crippen LogP contribution < -0.4 is 5.73 Å². The van der Waals surface area contributed by atoms with Crippen molar-refractivity contribution in [2.45, 2.75) is 44.7 Å². The molecule has 4 nitrogen and oxygen atoms in total. The van der Waals surface area contributed by atoms with E-state index >= 15 is 0 Å².